The average Bonchev–Trinajstić information content (AvgIpc) is 2.73. The number of aromatic nitrogens is 4. The molecule has 0 spiro atoms. The summed E-state index contributed by atoms with van der Waals surface area (Å²) in [6, 6.07) is 9.79. The largest absolute Gasteiger partial charge is 0.237 e. The van der Waals surface area contributed by atoms with Crippen molar-refractivity contribution >= 4 is 0 Å². The molecule has 4 rings (SSSR count). The standard InChI is InChI=1S/C23H18F2N4/c1-14-10-18(24)5-7-19(14)22-28-12-16(13-29-22)11-17-4-6-20(15(2)21(17)25)23-26-8-3-9-27-23/h3-10,12-13H,11H2,1-2H3. The molecule has 29 heavy (non-hydrogen) atoms. The van der Waals surface area contributed by atoms with Crippen molar-refractivity contribution in [2.24, 2.45) is 0 Å². The molecule has 2 aromatic carbocycles. The summed E-state index contributed by atoms with van der Waals surface area (Å²) in [5.41, 5.74) is 4.05. The summed E-state index contributed by atoms with van der Waals surface area (Å²) < 4.78 is 28.2. The molecule has 0 amide bonds. The third-order valence-corrected chi connectivity index (χ3v) is 4.80. The Bertz CT molecular complexity index is 1160. The van der Waals surface area contributed by atoms with Crippen molar-refractivity contribution in [1.82, 2.24) is 19.9 Å². The van der Waals surface area contributed by atoms with Crippen molar-refractivity contribution < 1.29 is 8.78 Å². The van der Waals surface area contributed by atoms with Crippen molar-refractivity contribution in [3.05, 3.63) is 95.1 Å². The fourth-order valence-corrected chi connectivity index (χ4v) is 3.24. The summed E-state index contributed by atoms with van der Waals surface area (Å²) in [7, 11) is 0. The molecule has 2 heterocycles. The van der Waals surface area contributed by atoms with Gasteiger partial charge in [0.25, 0.3) is 0 Å². The van der Waals surface area contributed by atoms with E-state index in [4.69, 9.17) is 0 Å². The first kappa shape index (κ1) is 18.8. The molecule has 0 saturated heterocycles. The van der Waals surface area contributed by atoms with Crippen LogP contribution in [0.1, 0.15) is 22.3 Å². The summed E-state index contributed by atoms with van der Waals surface area (Å²) >= 11 is 0. The second kappa shape index (κ2) is 7.83. The minimum atomic E-state index is -0.293. The van der Waals surface area contributed by atoms with Crippen molar-refractivity contribution in [1.29, 1.82) is 0 Å². The fourth-order valence-electron chi connectivity index (χ4n) is 3.24. The molecule has 4 aromatic rings. The van der Waals surface area contributed by atoms with Crippen LogP contribution in [0.4, 0.5) is 8.78 Å². The van der Waals surface area contributed by atoms with Gasteiger partial charge in [-0.05, 0) is 60.4 Å². The van der Waals surface area contributed by atoms with E-state index in [1.54, 1.807) is 49.9 Å². The molecule has 6 heteroatoms. The molecule has 0 aliphatic carbocycles. The van der Waals surface area contributed by atoms with Crippen LogP contribution in [0.5, 0.6) is 0 Å². The lowest BCUT2D eigenvalue weighted by atomic mass is 9.99. The highest BCUT2D eigenvalue weighted by Gasteiger charge is 2.14. The van der Waals surface area contributed by atoms with Crippen LogP contribution in [0.3, 0.4) is 0 Å². The maximum absolute atomic E-state index is 14.9. The van der Waals surface area contributed by atoms with E-state index in [9.17, 15) is 8.78 Å². The molecule has 2 aromatic heterocycles. The van der Waals surface area contributed by atoms with Crippen molar-refractivity contribution in [3.63, 3.8) is 0 Å². The molecule has 144 valence electrons. The van der Waals surface area contributed by atoms with Crippen molar-refractivity contribution in [3.8, 4) is 22.8 Å². The van der Waals surface area contributed by atoms with Gasteiger partial charge in [0.1, 0.15) is 11.6 Å². The van der Waals surface area contributed by atoms with Gasteiger partial charge < -0.3 is 0 Å². The Balaban J connectivity index is 1.59. The van der Waals surface area contributed by atoms with Crippen molar-refractivity contribution in [2.75, 3.05) is 0 Å². The molecule has 0 unspecified atom stereocenters. The van der Waals surface area contributed by atoms with E-state index in [0.29, 0.717) is 34.8 Å². The predicted molar refractivity (Wildman–Crippen MR) is 107 cm³/mol. The van der Waals surface area contributed by atoms with Crippen LogP contribution in [0.25, 0.3) is 22.8 Å². The first-order chi connectivity index (χ1) is 14.0. The summed E-state index contributed by atoms with van der Waals surface area (Å²) in [6.45, 7) is 3.53. The van der Waals surface area contributed by atoms with Gasteiger partial charge >= 0.3 is 0 Å². The number of nitrogens with zero attached hydrogens (tertiary/aromatic N) is 4. The lowest BCUT2D eigenvalue weighted by molar-refractivity contribution is 0.605. The summed E-state index contributed by atoms with van der Waals surface area (Å²) in [6.07, 6.45) is 6.98. The van der Waals surface area contributed by atoms with E-state index in [2.05, 4.69) is 19.9 Å². The summed E-state index contributed by atoms with van der Waals surface area (Å²) in [5.74, 6) is 0.434. The topological polar surface area (TPSA) is 51.6 Å². The maximum Gasteiger partial charge on any atom is 0.159 e. The highest BCUT2D eigenvalue weighted by Crippen LogP contribution is 2.26. The van der Waals surface area contributed by atoms with Gasteiger partial charge in [0, 0.05) is 42.3 Å². The molecule has 0 aliphatic heterocycles. The van der Waals surface area contributed by atoms with Gasteiger partial charge in [-0.25, -0.2) is 28.7 Å². The van der Waals surface area contributed by atoms with E-state index in [1.807, 2.05) is 13.0 Å². The Morgan fingerprint density at radius 1 is 0.793 bits per heavy atom. The third-order valence-electron chi connectivity index (χ3n) is 4.80. The van der Waals surface area contributed by atoms with E-state index in [0.717, 1.165) is 16.7 Å². The van der Waals surface area contributed by atoms with Gasteiger partial charge in [-0.2, -0.15) is 0 Å². The van der Waals surface area contributed by atoms with Crippen LogP contribution in [0.2, 0.25) is 0 Å². The van der Waals surface area contributed by atoms with Gasteiger partial charge in [0.2, 0.25) is 0 Å². The first-order valence-corrected chi connectivity index (χ1v) is 9.16. The fraction of sp³-hybridized carbons (Fsp3) is 0.130. The molecule has 0 N–H and O–H groups in total. The number of aryl methyl sites for hydroxylation is 1. The molecular weight excluding hydrogens is 370 g/mol. The molecule has 0 bridgehead atoms. The minimum Gasteiger partial charge on any atom is -0.237 e. The molecule has 4 nitrogen and oxygen atoms in total. The molecule has 0 atom stereocenters. The van der Waals surface area contributed by atoms with Crippen LogP contribution in [0.15, 0.2) is 61.2 Å². The zero-order valence-corrected chi connectivity index (χ0v) is 16.0. The second-order valence-electron chi connectivity index (χ2n) is 6.83. The molecule has 0 saturated carbocycles. The third kappa shape index (κ3) is 3.87. The van der Waals surface area contributed by atoms with Gasteiger partial charge in [0.05, 0.1) is 0 Å². The zero-order chi connectivity index (χ0) is 20.4. The normalized spacial score (nSPS) is 10.9. The van der Waals surface area contributed by atoms with Crippen LogP contribution in [0, 0.1) is 25.5 Å². The second-order valence-corrected chi connectivity index (χ2v) is 6.83. The Labute approximate surface area is 167 Å². The molecular formula is C23H18F2N4. The maximum atomic E-state index is 14.9. The van der Waals surface area contributed by atoms with E-state index in [1.165, 1.54) is 12.1 Å². The van der Waals surface area contributed by atoms with E-state index < -0.39 is 0 Å². The number of halogens is 2. The van der Waals surface area contributed by atoms with Crippen LogP contribution in [-0.4, -0.2) is 19.9 Å². The Kier molecular flexibility index (Phi) is 5.08. The quantitative estimate of drug-likeness (QED) is 0.489. The SMILES string of the molecule is Cc1cc(F)ccc1-c1ncc(Cc2ccc(-c3ncccn3)c(C)c2F)cn1. The Hall–Kier alpha value is -3.54. The number of hydrogen-bond donors (Lipinski definition) is 0. The van der Waals surface area contributed by atoms with Gasteiger partial charge in [-0.3, -0.25) is 0 Å². The van der Waals surface area contributed by atoms with Crippen LogP contribution >= 0.6 is 0 Å². The van der Waals surface area contributed by atoms with E-state index >= 15 is 0 Å². The highest BCUT2D eigenvalue weighted by molar-refractivity contribution is 5.61. The van der Waals surface area contributed by atoms with Crippen LogP contribution in [-0.2, 0) is 6.42 Å². The number of benzene rings is 2. The van der Waals surface area contributed by atoms with Gasteiger partial charge in [0.15, 0.2) is 11.6 Å². The van der Waals surface area contributed by atoms with Gasteiger partial charge in [-0.15, -0.1) is 0 Å². The lowest BCUT2D eigenvalue weighted by Gasteiger charge is -2.10. The zero-order valence-electron chi connectivity index (χ0n) is 16.0. The molecule has 0 fully saturated rings. The van der Waals surface area contributed by atoms with Crippen LogP contribution < -0.4 is 0 Å². The first-order valence-electron chi connectivity index (χ1n) is 9.16. The monoisotopic (exact) mass is 388 g/mol. The van der Waals surface area contributed by atoms with Crippen molar-refractivity contribution in [2.45, 2.75) is 20.3 Å². The number of hydrogen-bond acceptors (Lipinski definition) is 4. The molecule has 0 aliphatic rings. The summed E-state index contributed by atoms with van der Waals surface area (Å²) in [5, 5.41) is 0. The Morgan fingerprint density at radius 3 is 2.14 bits per heavy atom. The predicted octanol–water partition coefficient (Wildman–Crippen LogP) is 5.09. The highest BCUT2D eigenvalue weighted by atomic mass is 19.1. The smallest absolute Gasteiger partial charge is 0.159 e. The lowest BCUT2D eigenvalue weighted by Crippen LogP contribution is -2.01. The minimum absolute atomic E-state index is 0.284. The molecule has 0 radical (unpaired) electrons. The van der Waals surface area contributed by atoms with E-state index in [-0.39, 0.29) is 11.6 Å². The Morgan fingerprint density at radius 2 is 1.45 bits per heavy atom. The summed E-state index contributed by atoms with van der Waals surface area (Å²) in [4.78, 5) is 17.1. The average molecular weight is 388 g/mol. The number of rotatable bonds is 4. The van der Waals surface area contributed by atoms with Gasteiger partial charge in [-0.1, -0.05) is 12.1 Å².